The first-order chi connectivity index (χ1) is 12.9. The summed E-state index contributed by atoms with van der Waals surface area (Å²) in [5, 5.41) is 15.9. The molecular formula is C22H37ClN2O2S. The normalized spacial score (nSPS) is 51.1. The summed E-state index contributed by atoms with van der Waals surface area (Å²) in [5.41, 5.74) is -1.61. The molecule has 0 aromatic rings. The fourth-order valence-electron chi connectivity index (χ4n) is 6.66. The maximum Gasteiger partial charge on any atom is 0.111 e. The third-order valence-corrected chi connectivity index (χ3v) is 9.10. The lowest BCUT2D eigenvalue weighted by Gasteiger charge is -2.60. The van der Waals surface area contributed by atoms with Gasteiger partial charge in [0, 0.05) is 5.92 Å². The molecule has 8 atom stereocenters. The zero-order valence-corrected chi connectivity index (χ0v) is 19.6. The molecule has 0 amide bonds. The highest BCUT2D eigenvalue weighted by atomic mass is 35.5. The molecule has 28 heavy (non-hydrogen) atoms. The summed E-state index contributed by atoms with van der Waals surface area (Å²) < 4.78 is 6.74. The lowest BCUT2D eigenvalue weighted by atomic mass is 9.51. The fraction of sp³-hybridized carbons (Fsp3) is 0.909. The summed E-state index contributed by atoms with van der Waals surface area (Å²) in [4.78, 5) is 4.65. The quantitative estimate of drug-likeness (QED) is 0.312. The molecule has 3 aliphatic rings. The minimum Gasteiger partial charge on any atom is -0.474 e. The van der Waals surface area contributed by atoms with Crippen LogP contribution < -0.4 is 5.32 Å². The lowest BCUT2D eigenvalue weighted by molar-refractivity contribution is -0.666. The number of hydrogen-bond acceptors (Lipinski definition) is 4. The average Bonchev–Trinajstić information content (AvgIpc) is 2.57. The van der Waals surface area contributed by atoms with Crippen molar-refractivity contribution in [2.24, 2.45) is 22.7 Å². The number of quaternary nitrogens is 1. The number of fused-ring (bicyclic) bond motifs is 1. The zero-order valence-electron chi connectivity index (χ0n) is 18.0. The van der Waals surface area contributed by atoms with Crippen LogP contribution >= 0.6 is 23.8 Å². The Kier molecular flexibility index (Phi) is 6.14. The van der Waals surface area contributed by atoms with Crippen LogP contribution in [-0.2, 0) is 4.74 Å². The number of thiocarbonyl (C=S) groups is 1. The van der Waals surface area contributed by atoms with E-state index in [2.05, 4.69) is 44.9 Å². The monoisotopic (exact) mass is 428 g/mol. The maximum atomic E-state index is 11.2. The van der Waals surface area contributed by atoms with E-state index in [1.54, 1.807) is 0 Å². The van der Waals surface area contributed by atoms with Crippen LogP contribution in [0.3, 0.4) is 0 Å². The smallest absolute Gasteiger partial charge is 0.111 e. The average molecular weight is 429 g/mol. The fourth-order valence-corrected chi connectivity index (χ4v) is 7.02. The number of ether oxygens (including phenoxy) is 1. The van der Waals surface area contributed by atoms with E-state index < -0.39 is 5.60 Å². The number of aliphatic hydroxyl groups is 1. The topological polar surface area (TPSA) is 58.4 Å². The SMILES string of the molecule is [CH2-][NH2+]C1C2C(CCC1(C)O)C(C)(N=C=S)CCC2C1(C)CCC(Cl)C(C)(C)O1. The zero-order chi connectivity index (χ0) is 21.0. The minimum atomic E-state index is -0.754. The second kappa shape index (κ2) is 7.59. The van der Waals surface area contributed by atoms with Crippen LogP contribution in [0.2, 0.25) is 0 Å². The van der Waals surface area contributed by atoms with E-state index >= 15 is 0 Å². The van der Waals surface area contributed by atoms with Gasteiger partial charge in [0.2, 0.25) is 0 Å². The van der Waals surface area contributed by atoms with Gasteiger partial charge in [-0.3, -0.25) is 0 Å². The Morgan fingerprint density at radius 1 is 1.11 bits per heavy atom. The number of isothiocyanates is 1. The molecular weight excluding hydrogens is 392 g/mol. The Morgan fingerprint density at radius 2 is 1.75 bits per heavy atom. The van der Waals surface area contributed by atoms with Crippen LogP contribution in [-0.4, -0.2) is 44.0 Å². The Balaban J connectivity index is 2.03. The summed E-state index contributed by atoms with van der Waals surface area (Å²) in [5.74, 6) is 0.908. The van der Waals surface area contributed by atoms with Gasteiger partial charge in [0.05, 0.1) is 33.3 Å². The summed E-state index contributed by atoms with van der Waals surface area (Å²) in [6.07, 6.45) is 5.55. The number of hydrogen-bond donors (Lipinski definition) is 2. The van der Waals surface area contributed by atoms with E-state index in [0.717, 1.165) is 38.5 Å². The van der Waals surface area contributed by atoms with E-state index in [9.17, 15) is 5.11 Å². The van der Waals surface area contributed by atoms with Gasteiger partial charge >= 0.3 is 0 Å². The van der Waals surface area contributed by atoms with Crippen LogP contribution in [0.4, 0.5) is 0 Å². The molecule has 1 saturated heterocycles. The predicted molar refractivity (Wildman–Crippen MR) is 117 cm³/mol. The van der Waals surface area contributed by atoms with E-state index in [1.165, 1.54) is 0 Å². The van der Waals surface area contributed by atoms with Gasteiger partial charge in [-0.25, -0.2) is 4.99 Å². The Labute approximate surface area is 180 Å². The molecule has 3 rings (SSSR count). The van der Waals surface area contributed by atoms with E-state index in [0.29, 0.717) is 11.8 Å². The highest BCUT2D eigenvalue weighted by Crippen LogP contribution is 2.57. The van der Waals surface area contributed by atoms with Gasteiger partial charge in [-0.2, -0.15) is 7.05 Å². The van der Waals surface area contributed by atoms with E-state index in [1.807, 2.05) is 12.2 Å². The molecule has 4 nitrogen and oxygen atoms in total. The third-order valence-electron chi connectivity index (χ3n) is 8.27. The molecule has 0 bridgehead atoms. The molecule has 2 aliphatic carbocycles. The van der Waals surface area contributed by atoms with Crippen molar-refractivity contribution in [1.82, 2.24) is 0 Å². The number of nitrogens with zero attached hydrogens (tertiary/aromatic N) is 1. The number of nitrogens with two attached hydrogens (primary N) is 1. The molecule has 6 heteroatoms. The van der Waals surface area contributed by atoms with Crippen molar-refractivity contribution in [3.8, 4) is 0 Å². The highest BCUT2D eigenvalue weighted by molar-refractivity contribution is 7.78. The summed E-state index contributed by atoms with van der Waals surface area (Å²) in [7, 11) is 4.12. The number of halogens is 1. The van der Waals surface area contributed by atoms with Crippen molar-refractivity contribution in [1.29, 1.82) is 0 Å². The molecule has 1 aliphatic heterocycles. The van der Waals surface area contributed by atoms with E-state index in [-0.39, 0.29) is 34.1 Å². The molecule has 1 heterocycles. The first-order valence-corrected chi connectivity index (χ1v) is 11.5. The maximum absolute atomic E-state index is 11.2. The lowest BCUT2D eigenvalue weighted by Crippen LogP contribution is -2.93. The third kappa shape index (κ3) is 3.72. The van der Waals surface area contributed by atoms with Crippen molar-refractivity contribution >= 4 is 29.0 Å². The molecule has 2 saturated carbocycles. The van der Waals surface area contributed by atoms with E-state index in [4.69, 9.17) is 28.6 Å². The van der Waals surface area contributed by atoms with Crippen molar-refractivity contribution in [2.45, 2.75) is 107 Å². The molecule has 0 spiro atoms. The highest BCUT2D eigenvalue weighted by Gasteiger charge is 2.62. The van der Waals surface area contributed by atoms with Crippen molar-refractivity contribution in [2.75, 3.05) is 0 Å². The molecule has 0 aromatic carbocycles. The second-order valence-corrected chi connectivity index (χ2v) is 11.3. The predicted octanol–water partition coefficient (Wildman–Crippen LogP) is 3.71. The van der Waals surface area contributed by atoms with Gasteiger partial charge in [-0.15, -0.1) is 11.6 Å². The van der Waals surface area contributed by atoms with Crippen LogP contribution in [0.5, 0.6) is 0 Å². The summed E-state index contributed by atoms with van der Waals surface area (Å²) in [6, 6.07) is 0.00783. The van der Waals surface area contributed by atoms with Gasteiger partial charge in [-0.05, 0) is 97.2 Å². The summed E-state index contributed by atoms with van der Waals surface area (Å²) in [6.45, 7) is 10.6. The van der Waals surface area contributed by atoms with Crippen LogP contribution in [0, 0.1) is 24.8 Å². The Bertz CT molecular complexity index is 650. The van der Waals surface area contributed by atoms with Crippen LogP contribution in [0.15, 0.2) is 4.99 Å². The minimum absolute atomic E-state index is 0.00783. The van der Waals surface area contributed by atoms with Gasteiger partial charge in [0.1, 0.15) is 5.60 Å². The summed E-state index contributed by atoms with van der Waals surface area (Å²) >= 11 is 11.6. The van der Waals surface area contributed by atoms with Crippen LogP contribution in [0.1, 0.15) is 73.1 Å². The first kappa shape index (κ1) is 22.7. The van der Waals surface area contributed by atoms with Gasteiger partial charge in [0.25, 0.3) is 0 Å². The van der Waals surface area contributed by atoms with Gasteiger partial charge in [0.15, 0.2) is 0 Å². The molecule has 3 N–H and O–H groups in total. The standard InChI is InChI=1S/C22H37ClN2O2S/c1-19(2)16(23)9-12-22(5,27-19)15-7-10-20(3,25-13-28)14-8-11-21(4,26)18(24-6)17(14)15/h14-18,26H,6-12,24H2,1-5H3. The second-order valence-electron chi connectivity index (χ2n) is 10.6. The van der Waals surface area contributed by atoms with Crippen molar-refractivity contribution in [3.05, 3.63) is 7.05 Å². The Morgan fingerprint density at radius 3 is 2.32 bits per heavy atom. The molecule has 160 valence electrons. The Hall–Kier alpha value is -0.0300. The number of rotatable bonds is 3. The van der Waals surface area contributed by atoms with Gasteiger partial charge in [-0.1, -0.05) is 0 Å². The number of aliphatic imine (C=N–C) groups is 1. The molecule has 8 unspecified atom stereocenters. The molecule has 0 aromatic heterocycles. The first-order valence-electron chi connectivity index (χ1n) is 10.7. The van der Waals surface area contributed by atoms with Crippen LogP contribution in [0.25, 0.3) is 0 Å². The van der Waals surface area contributed by atoms with Crippen molar-refractivity contribution in [3.63, 3.8) is 0 Å². The largest absolute Gasteiger partial charge is 0.474 e. The van der Waals surface area contributed by atoms with Crippen molar-refractivity contribution < 1.29 is 15.2 Å². The van der Waals surface area contributed by atoms with Gasteiger partial charge < -0.3 is 15.2 Å². The molecule has 0 radical (unpaired) electrons. The number of alkyl halides is 1. The molecule has 3 fully saturated rings.